The standard InChI is InChI=1S/C12H15BrN4/c1-17-12(15-11(16-17)6-7-14)8-9-2-4-10(13)5-3-9/h2-5H,6-8,14H2,1H3. The average molecular weight is 295 g/mol. The molecule has 4 nitrogen and oxygen atoms in total. The summed E-state index contributed by atoms with van der Waals surface area (Å²) in [5.41, 5.74) is 6.72. The smallest absolute Gasteiger partial charge is 0.152 e. The zero-order valence-corrected chi connectivity index (χ0v) is 11.3. The second kappa shape index (κ2) is 5.42. The van der Waals surface area contributed by atoms with Gasteiger partial charge in [-0.05, 0) is 24.2 Å². The summed E-state index contributed by atoms with van der Waals surface area (Å²) < 4.78 is 2.91. The number of hydrogen-bond donors (Lipinski definition) is 1. The highest BCUT2D eigenvalue weighted by Crippen LogP contribution is 2.13. The first kappa shape index (κ1) is 12.3. The summed E-state index contributed by atoms with van der Waals surface area (Å²) >= 11 is 3.42. The van der Waals surface area contributed by atoms with Gasteiger partial charge in [0.1, 0.15) is 5.82 Å². The lowest BCUT2D eigenvalue weighted by molar-refractivity contribution is 0.704. The Morgan fingerprint density at radius 2 is 2.00 bits per heavy atom. The average Bonchev–Trinajstić information content (AvgIpc) is 2.63. The number of rotatable bonds is 4. The van der Waals surface area contributed by atoms with Crippen molar-refractivity contribution in [1.29, 1.82) is 0 Å². The van der Waals surface area contributed by atoms with Gasteiger partial charge in [0, 0.05) is 24.4 Å². The number of nitrogens with two attached hydrogens (primary N) is 1. The van der Waals surface area contributed by atoms with Crippen LogP contribution < -0.4 is 5.73 Å². The minimum Gasteiger partial charge on any atom is -0.330 e. The maximum Gasteiger partial charge on any atom is 0.152 e. The molecule has 2 rings (SSSR count). The summed E-state index contributed by atoms with van der Waals surface area (Å²) in [7, 11) is 1.92. The Balaban J connectivity index is 2.15. The lowest BCUT2D eigenvalue weighted by Gasteiger charge is -2.00. The molecule has 0 saturated carbocycles. The second-order valence-corrected chi connectivity index (χ2v) is 4.83. The molecule has 0 bridgehead atoms. The Kier molecular flexibility index (Phi) is 3.91. The van der Waals surface area contributed by atoms with E-state index in [1.165, 1.54) is 5.56 Å². The fraction of sp³-hybridized carbons (Fsp3) is 0.333. The van der Waals surface area contributed by atoms with Crippen LogP contribution >= 0.6 is 15.9 Å². The number of hydrogen-bond acceptors (Lipinski definition) is 3. The van der Waals surface area contributed by atoms with Gasteiger partial charge in [0.05, 0.1) is 0 Å². The molecule has 0 spiro atoms. The fourth-order valence-electron chi connectivity index (χ4n) is 1.65. The van der Waals surface area contributed by atoms with Crippen LogP contribution in [0.3, 0.4) is 0 Å². The highest BCUT2D eigenvalue weighted by molar-refractivity contribution is 9.10. The van der Waals surface area contributed by atoms with Gasteiger partial charge in [-0.3, -0.25) is 4.68 Å². The van der Waals surface area contributed by atoms with E-state index in [1.54, 1.807) is 0 Å². The zero-order valence-electron chi connectivity index (χ0n) is 9.73. The van der Waals surface area contributed by atoms with Crippen molar-refractivity contribution in [2.45, 2.75) is 12.8 Å². The number of aromatic nitrogens is 3. The molecule has 90 valence electrons. The summed E-state index contributed by atoms with van der Waals surface area (Å²) in [5, 5.41) is 4.33. The van der Waals surface area contributed by atoms with Crippen LogP contribution in [-0.2, 0) is 19.9 Å². The van der Waals surface area contributed by atoms with Crippen molar-refractivity contribution >= 4 is 15.9 Å². The zero-order chi connectivity index (χ0) is 12.3. The van der Waals surface area contributed by atoms with E-state index in [0.717, 1.165) is 29.0 Å². The number of nitrogens with zero attached hydrogens (tertiary/aromatic N) is 3. The molecule has 0 saturated heterocycles. The largest absolute Gasteiger partial charge is 0.330 e. The van der Waals surface area contributed by atoms with Crippen molar-refractivity contribution in [3.05, 3.63) is 46.0 Å². The maximum absolute atomic E-state index is 5.49. The van der Waals surface area contributed by atoms with Gasteiger partial charge in [-0.1, -0.05) is 28.1 Å². The first-order chi connectivity index (χ1) is 8.19. The lowest BCUT2D eigenvalue weighted by Crippen LogP contribution is -2.04. The highest BCUT2D eigenvalue weighted by Gasteiger charge is 2.07. The molecule has 0 aliphatic heterocycles. The third-order valence-corrected chi connectivity index (χ3v) is 3.07. The summed E-state index contributed by atoms with van der Waals surface area (Å²) in [4.78, 5) is 4.48. The van der Waals surface area contributed by atoms with E-state index in [9.17, 15) is 0 Å². The molecule has 2 aromatic rings. The van der Waals surface area contributed by atoms with Gasteiger partial charge in [0.2, 0.25) is 0 Å². The van der Waals surface area contributed by atoms with Crippen LogP contribution in [0.25, 0.3) is 0 Å². The molecular weight excluding hydrogens is 280 g/mol. The highest BCUT2D eigenvalue weighted by atomic mass is 79.9. The molecular formula is C12H15BrN4. The summed E-state index contributed by atoms with van der Waals surface area (Å²) in [5.74, 6) is 1.79. The predicted octanol–water partition coefficient (Wildman–Crippen LogP) is 1.67. The quantitative estimate of drug-likeness (QED) is 0.933. The molecule has 17 heavy (non-hydrogen) atoms. The minimum absolute atomic E-state index is 0.585. The van der Waals surface area contributed by atoms with Gasteiger partial charge in [-0.2, -0.15) is 5.10 Å². The molecule has 2 N–H and O–H groups in total. The van der Waals surface area contributed by atoms with Gasteiger partial charge in [-0.15, -0.1) is 0 Å². The van der Waals surface area contributed by atoms with Crippen LogP contribution in [0.5, 0.6) is 0 Å². The Bertz CT molecular complexity index is 490. The normalized spacial score (nSPS) is 10.8. The van der Waals surface area contributed by atoms with E-state index in [-0.39, 0.29) is 0 Å². The lowest BCUT2D eigenvalue weighted by atomic mass is 10.1. The Morgan fingerprint density at radius 3 is 2.65 bits per heavy atom. The van der Waals surface area contributed by atoms with E-state index in [1.807, 2.05) is 23.9 Å². The van der Waals surface area contributed by atoms with Crippen LogP contribution in [0.4, 0.5) is 0 Å². The Labute approximate surface area is 109 Å². The van der Waals surface area contributed by atoms with Crippen molar-refractivity contribution in [3.8, 4) is 0 Å². The molecule has 1 aromatic carbocycles. The SMILES string of the molecule is Cn1nc(CCN)nc1Cc1ccc(Br)cc1. The second-order valence-electron chi connectivity index (χ2n) is 3.91. The van der Waals surface area contributed by atoms with Crippen molar-refractivity contribution in [2.24, 2.45) is 12.8 Å². The van der Waals surface area contributed by atoms with Crippen LogP contribution in [0.1, 0.15) is 17.2 Å². The third-order valence-electron chi connectivity index (χ3n) is 2.54. The van der Waals surface area contributed by atoms with Crippen molar-refractivity contribution < 1.29 is 0 Å². The van der Waals surface area contributed by atoms with E-state index < -0.39 is 0 Å². The minimum atomic E-state index is 0.585. The first-order valence-corrected chi connectivity index (χ1v) is 6.31. The fourth-order valence-corrected chi connectivity index (χ4v) is 1.91. The molecule has 0 amide bonds. The number of halogens is 1. The molecule has 0 unspecified atom stereocenters. The monoisotopic (exact) mass is 294 g/mol. The first-order valence-electron chi connectivity index (χ1n) is 5.52. The van der Waals surface area contributed by atoms with Gasteiger partial charge in [-0.25, -0.2) is 4.98 Å². The predicted molar refractivity (Wildman–Crippen MR) is 70.7 cm³/mol. The summed E-state index contributed by atoms with van der Waals surface area (Å²) in [6.07, 6.45) is 1.52. The molecule has 0 radical (unpaired) electrons. The van der Waals surface area contributed by atoms with Crippen molar-refractivity contribution in [1.82, 2.24) is 14.8 Å². The van der Waals surface area contributed by atoms with Crippen LogP contribution in [0.2, 0.25) is 0 Å². The van der Waals surface area contributed by atoms with Gasteiger partial charge < -0.3 is 5.73 Å². The van der Waals surface area contributed by atoms with Gasteiger partial charge in [0.25, 0.3) is 0 Å². The molecule has 0 aliphatic carbocycles. The van der Waals surface area contributed by atoms with E-state index >= 15 is 0 Å². The van der Waals surface area contributed by atoms with E-state index in [4.69, 9.17) is 5.73 Å². The van der Waals surface area contributed by atoms with Crippen LogP contribution in [0.15, 0.2) is 28.7 Å². The van der Waals surface area contributed by atoms with E-state index in [0.29, 0.717) is 6.54 Å². The van der Waals surface area contributed by atoms with Crippen LogP contribution in [0, 0.1) is 0 Å². The molecule has 5 heteroatoms. The van der Waals surface area contributed by atoms with Gasteiger partial charge >= 0.3 is 0 Å². The van der Waals surface area contributed by atoms with Crippen molar-refractivity contribution in [3.63, 3.8) is 0 Å². The Hall–Kier alpha value is -1.20. The molecule has 0 atom stereocenters. The number of benzene rings is 1. The molecule has 0 fully saturated rings. The van der Waals surface area contributed by atoms with Crippen molar-refractivity contribution in [2.75, 3.05) is 6.54 Å². The summed E-state index contributed by atoms with van der Waals surface area (Å²) in [6.45, 7) is 0.585. The van der Waals surface area contributed by atoms with Gasteiger partial charge in [0.15, 0.2) is 5.82 Å². The molecule has 0 aliphatic rings. The topological polar surface area (TPSA) is 56.7 Å². The maximum atomic E-state index is 5.49. The van der Waals surface area contributed by atoms with E-state index in [2.05, 4.69) is 38.1 Å². The molecule has 1 aromatic heterocycles. The third kappa shape index (κ3) is 3.14. The molecule has 1 heterocycles. The number of aryl methyl sites for hydroxylation is 1. The Morgan fingerprint density at radius 1 is 1.29 bits per heavy atom. The summed E-state index contributed by atoms with van der Waals surface area (Å²) in [6, 6.07) is 8.24. The van der Waals surface area contributed by atoms with Crippen LogP contribution in [-0.4, -0.2) is 21.3 Å².